The summed E-state index contributed by atoms with van der Waals surface area (Å²) in [7, 11) is 0. The Morgan fingerprint density at radius 1 is 1.20 bits per heavy atom. The quantitative estimate of drug-likeness (QED) is 0.777. The zero-order valence-electron chi connectivity index (χ0n) is 11.3. The molecule has 20 heavy (non-hydrogen) atoms. The molecule has 0 atom stereocenters. The highest BCUT2D eigenvalue weighted by molar-refractivity contribution is 6.31. The molecule has 2 aromatic heterocycles. The first-order valence-electron chi connectivity index (χ1n) is 6.45. The summed E-state index contributed by atoms with van der Waals surface area (Å²) in [4.78, 5) is 8.84. The molecule has 3 aromatic rings. The lowest BCUT2D eigenvalue weighted by Crippen LogP contribution is -2.03. The lowest BCUT2D eigenvalue weighted by molar-refractivity contribution is 0.624. The average molecular weight is 287 g/mol. The Balaban J connectivity index is 2.29. The predicted molar refractivity (Wildman–Crippen MR) is 82.8 cm³/mol. The van der Waals surface area contributed by atoms with Crippen molar-refractivity contribution in [1.82, 2.24) is 14.5 Å². The molecule has 3 rings (SSSR count). The van der Waals surface area contributed by atoms with Crippen molar-refractivity contribution in [3.05, 3.63) is 41.6 Å². The van der Waals surface area contributed by atoms with Crippen LogP contribution in [0.15, 0.2) is 36.5 Å². The van der Waals surface area contributed by atoms with E-state index in [0.29, 0.717) is 10.8 Å². The van der Waals surface area contributed by atoms with Crippen LogP contribution < -0.4 is 5.73 Å². The van der Waals surface area contributed by atoms with E-state index in [1.54, 1.807) is 12.3 Å². The zero-order valence-corrected chi connectivity index (χ0v) is 12.1. The normalized spacial score (nSPS) is 11.4. The fraction of sp³-hybridized carbons (Fsp3) is 0.200. The first-order valence-corrected chi connectivity index (χ1v) is 6.83. The molecule has 2 heterocycles. The maximum Gasteiger partial charge on any atom is 0.142 e. The SMILES string of the molecule is CC(C)n1c(-c2ccc(N)nc2)nc2ccc(Cl)cc21. The van der Waals surface area contributed by atoms with E-state index in [2.05, 4.69) is 23.4 Å². The largest absolute Gasteiger partial charge is 0.384 e. The first kappa shape index (κ1) is 12.9. The third-order valence-corrected chi connectivity index (χ3v) is 3.45. The van der Waals surface area contributed by atoms with E-state index in [0.717, 1.165) is 22.4 Å². The van der Waals surface area contributed by atoms with Gasteiger partial charge in [-0.25, -0.2) is 9.97 Å². The van der Waals surface area contributed by atoms with Crippen LogP contribution in [0.3, 0.4) is 0 Å². The lowest BCUT2D eigenvalue weighted by atomic mass is 10.2. The molecular formula is C15H15ClN4. The predicted octanol–water partition coefficient (Wildman–Crippen LogP) is 3.91. The van der Waals surface area contributed by atoms with Crippen LogP contribution in [0, 0.1) is 0 Å². The van der Waals surface area contributed by atoms with Crippen molar-refractivity contribution in [2.75, 3.05) is 5.73 Å². The molecular weight excluding hydrogens is 272 g/mol. The van der Waals surface area contributed by atoms with Gasteiger partial charge >= 0.3 is 0 Å². The van der Waals surface area contributed by atoms with E-state index in [1.807, 2.05) is 24.3 Å². The minimum Gasteiger partial charge on any atom is -0.384 e. The Bertz CT molecular complexity index is 759. The molecule has 4 nitrogen and oxygen atoms in total. The number of aromatic nitrogens is 3. The Hall–Kier alpha value is -2.07. The van der Waals surface area contributed by atoms with Crippen molar-refractivity contribution in [2.24, 2.45) is 0 Å². The number of nitrogens with two attached hydrogens (primary N) is 1. The fourth-order valence-corrected chi connectivity index (χ4v) is 2.50. The number of benzene rings is 1. The standard InChI is InChI=1S/C15H15ClN4/c1-9(2)20-13-7-11(16)4-5-12(13)19-15(20)10-3-6-14(17)18-8-10/h3-9H,1-2H3,(H2,17,18). The monoisotopic (exact) mass is 286 g/mol. The lowest BCUT2D eigenvalue weighted by Gasteiger charge is -2.13. The molecule has 0 fully saturated rings. The van der Waals surface area contributed by atoms with Crippen LogP contribution in [-0.4, -0.2) is 14.5 Å². The van der Waals surface area contributed by atoms with Crippen molar-refractivity contribution in [3.63, 3.8) is 0 Å². The third kappa shape index (κ3) is 2.12. The maximum atomic E-state index is 6.10. The van der Waals surface area contributed by atoms with Crippen molar-refractivity contribution in [2.45, 2.75) is 19.9 Å². The molecule has 0 bridgehead atoms. The molecule has 0 saturated carbocycles. The molecule has 1 aromatic carbocycles. The van der Waals surface area contributed by atoms with Crippen LogP contribution >= 0.6 is 11.6 Å². The highest BCUT2D eigenvalue weighted by Crippen LogP contribution is 2.29. The van der Waals surface area contributed by atoms with Crippen LogP contribution in [0.5, 0.6) is 0 Å². The summed E-state index contributed by atoms with van der Waals surface area (Å²) in [6, 6.07) is 9.72. The van der Waals surface area contributed by atoms with Gasteiger partial charge in [-0.3, -0.25) is 0 Å². The summed E-state index contributed by atoms with van der Waals surface area (Å²) < 4.78 is 2.16. The molecule has 0 spiro atoms. The van der Waals surface area contributed by atoms with Gasteiger partial charge in [0.15, 0.2) is 0 Å². The first-order chi connectivity index (χ1) is 9.56. The van der Waals surface area contributed by atoms with Gasteiger partial charge in [0.25, 0.3) is 0 Å². The summed E-state index contributed by atoms with van der Waals surface area (Å²) in [6.45, 7) is 4.24. The second kappa shape index (κ2) is 4.80. The van der Waals surface area contributed by atoms with Gasteiger partial charge in [-0.2, -0.15) is 0 Å². The van der Waals surface area contributed by atoms with Gasteiger partial charge in [-0.05, 0) is 44.2 Å². The maximum absolute atomic E-state index is 6.10. The van der Waals surface area contributed by atoms with Gasteiger partial charge in [0.2, 0.25) is 0 Å². The minimum atomic E-state index is 0.269. The molecule has 0 unspecified atom stereocenters. The Morgan fingerprint density at radius 2 is 2.00 bits per heavy atom. The van der Waals surface area contributed by atoms with Gasteiger partial charge in [-0.1, -0.05) is 11.6 Å². The Labute approximate surface area is 122 Å². The van der Waals surface area contributed by atoms with Crippen LogP contribution in [0.25, 0.3) is 22.4 Å². The fourth-order valence-electron chi connectivity index (χ4n) is 2.33. The number of nitrogens with zero attached hydrogens (tertiary/aromatic N) is 3. The number of hydrogen-bond acceptors (Lipinski definition) is 3. The smallest absolute Gasteiger partial charge is 0.142 e. The van der Waals surface area contributed by atoms with Crippen LogP contribution in [0.4, 0.5) is 5.82 Å². The van der Waals surface area contributed by atoms with E-state index >= 15 is 0 Å². The van der Waals surface area contributed by atoms with E-state index in [-0.39, 0.29) is 6.04 Å². The van der Waals surface area contributed by atoms with Crippen molar-refractivity contribution in [3.8, 4) is 11.4 Å². The number of fused-ring (bicyclic) bond motifs is 1. The second-order valence-corrected chi connectivity index (χ2v) is 5.44. The number of hydrogen-bond donors (Lipinski definition) is 1. The van der Waals surface area contributed by atoms with E-state index < -0.39 is 0 Å². The molecule has 0 amide bonds. The molecule has 102 valence electrons. The molecule has 0 aliphatic rings. The Kier molecular flexibility index (Phi) is 3.10. The minimum absolute atomic E-state index is 0.269. The summed E-state index contributed by atoms with van der Waals surface area (Å²) in [5.74, 6) is 1.38. The zero-order chi connectivity index (χ0) is 14.3. The summed E-state index contributed by atoms with van der Waals surface area (Å²) in [5.41, 5.74) is 8.54. The molecule has 2 N–H and O–H groups in total. The topological polar surface area (TPSA) is 56.7 Å². The van der Waals surface area contributed by atoms with E-state index in [9.17, 15) is 0 Å². The number of anilines is 1. The average Bonchev–Trinajstić information content (AvgIpc) is 2.78. The van der Waals surface area contributed by atoms with Crippen molar-refractivity contribution < 1.29 is 0 Å². The van der Waals surface area contributed by atoms with Gasteiger partial charge < -0.3 is 10.3 Å². The molecule has 0 aliphatic heterocycles. The second-order valence-electron chi connectivity index (χ2n) is 5.00. The van der Waals surface area contributed by atoms with Gasteiger partial charge in [0.05, 0.1) is 11.0 Å². The molecule has 0 saturated heterocycles. The number of halogens is 1. The number of nitrogen functional groups attached to an aromatic ring is 1. The van der Waals surface area contributed by atoms with Gasteiger partial charge in [0, 0.05) is 22.8 Å². The summed E-state index contributed by atoms with van der Waals surface area (Å²) in [6.07, 6.45) is 1.75. The summed E-state index contributed by atoms with van der Waals surface area (Å²) >= 11 is 6.10. The van der Waals surface area contributed by atoms with Crippen molar-refractivity contribution in [1.29, 1.82) is 0 Å². The van der Waals surface area contributed by atoms with Crippen molar-refractivity contribution >= 4 is 28.5 Å². The Morgan fingerprint density at radius 3 is 2.65 bits per heavy atom. The molecule has 0 radical (unpaired) electrons. The number of rotatable bonds is 2. The van der Waals surface area contributed by atoms with Gasteiger partial charge in [-0.15, -0.1) is 0 Å². The van der Waals surface area contributed by atoms with Crippen LogP contribution in [-0.2, 0) is 0 Å². The van der Waals surface area contributed by atoms with Crippen LogP contribution in [0.2, 0.25) is 5.02 Å². The summed E-state index contributed by atoms with van der Waals surface area (Å²) in [5, 5.41) is 0.710. The van der Waals surface area contributed by atoms with E-state index in [1.165, 1.54) is 0 Å². The highest BCUT2D eigenvalue weighted by atomic mass is 35.5. The number of pyridine rings is 1. The highest BCUT2D eigenvalue weighted by Gasteiger charge is 2.15. The third-order valence-electron chi connectivity index (χ3n) is 3.21. The molecule has 0 aliphatic carbocycles. The number of imidazole rings is 1. The van der Waals surface area contributed by atoms with Gasteiger partial charge in [0.1, 0.15) is 11.6 Å². The van der Waals surface area contributed by atoms with E-state index in [4.69, 9.17) is 22.3 Å². The molecule has 5 heteroatoms. The van der Waals surface area contributed by atoms with Crippen LogP contribution in [0.1, 0.15) is 19.9 Å².